The summed E-state index contributed by atoms with van der Waals surface area (Å²) in [5, 5.41) is 4.67. The molecule has 0 spiro atoms. The van der Waals surface area contributed by atoms with Gasteiger partial charge in [-0.05, 0) is 39.5 Å². The van der Waals surface area contributed by atoms with E-state index >= 15 is 0 Å². The number of rotatable bonds is 4. The second kappa shape index (κ2) is 6.08. The Morgan fingerprint density at radius 3 is 2.63 bits per heavy atom. The SMILES string of the molecule is COc1ccc(NC(=O)c2sccc2Br)c(OC)c1. The lowest BCUT2D eigenvalue weighted by Gasteiger charge is -2.11. The van der Waals surface area contributed by atoms with Gasteiger partial charge in [-0.2, -0.15) is 0 Å². The number of thiophene rings is 1. The first kappa shape index (κ1) is 13.9. The second-order valence-electron chi connectivity index (χ2n) is 3.62. The van der Waals surface area contributed by atoms with E-state index in [9.17, 15) is 4.79 Å². The van der Waals surface area contributed by atoms with Gasteiger partial charge in [-0.1, -0.05) is 0 Å². The molecule has 0 radical (unpaired) electrons. The molecule has 1 aromatic carbocycles. The molecule has 2 aromatic rings. The number of anilines is 1. The largest absolute Gasteiger partial charge is 0.497 e. The number of halogens is 1. The van der Waals surface area contributed by atoms with Crippen LogP contribution in [0, 0.1) is 0 Å². The van der Waals surface area contributed by atoms with Crippen LogP contribution in [0.4, 0.5) is 5.69 Å². The van der Waals surface area contributed by atoms with E-state index in [1.807, 2.05) is 11.4 Å². The Bertz CT molecular complexity index is 597. The van der Waals surface area contributed by atoms with Crippen molar-refractivity contribution < 1.29 is 14.3 Å². The predicted octanol–water partition coefficient (Wildman–Crippen LogP) is 3.78. The van der Waals surface area contributed by atoms with Gasteiger partial charge in [0.25, 0.3) is 5.91 Å². The Morgan fingerprint density at radius 1 is 1.26 bits per heavy atom. The van der Waals surface area contributed by atoms with Crippen molar-refractivity contribution in [3.8, 4) is 11.5 Å². The Kier molecular flexibility index (Phi) is 4.44. The topological polar surface area (TPSA) is 47.6 Å². The van der Waals surface area contributed by atoms with E-state index in [1.54, 1.807) is 32.4 Å². The van der Waals surface area contributed by atoms with Crippen molar-refractivity contribution in [2.24, 2.45) is 0 Å². The molecule has 0 aliphatic heterocycles. The van der Waals surface area contributed by atoms with Gasteiger partial charge in [0.05, 0.1) is 19.9 Å². The molecule has 6 heteroatoms. The van der Waals surface area contributed by atoms with Gasteiger partial charge in [0.2, 0.25) is 0 Å². The smallest absolute Gasteiger partial charge is 0.266 e. The molecule has 0 atom stereocenters. The van der Waals surface area contributed by atoms with E-state index in [0.717, 1.165) is 4.47 Å². The molecule has 0 aliphatic carbocycles. The predicted molar refractivity (Wildman–Crippen MR) is 79.5 cm³/mol. The maximum absolute atomic E-state index is 12.1. The van der Waals surface area contributed by atoms with Crippen molar-refractivity contribution in [3.63, 3.8) is 0 Å². The van der Waals surface area contributed by atoms with E-state index in [0.29, 0.717) is 22.1 Å². The molecule has 0 bridgehead atoms. The Balaban J connectivity index is 2.24. The van der Waals surface area contributed by atoms with Gasteiger partial charge in [-0.15, -0.1) is 11.3 Å². The summed E-state index contributed by atoms with van der Waals surface area (Å²) in [7, 11) is 3.13. The van der Waals surface area contributed by atoms with Crippen LogP contribution in [-0.4, -0.2) is 20.1 Å². The molecule has 1 aromatic heterocycles. The molecule has 0 fully saturated rings. The number of methoxy groups -OCH3 is 2. The number of nitrogens with one attached hydrogen (secondary N) is 1. The van der Waals surface area contributed by atoms with Crippen molar-refractivity contribution in [2.45, 2.75) is 0 Å². The molecule has 1 amide bonds. The fourth-order valence-electron chi connectivity index (χ4n) is 1.54. The van der Waals surface area contributed by atoms with Crippen molar-refractivity contribution in [3.05, 3.63) is 39.0 Å². The fourth-order valence-corrected chi connectivity index (χ4v) is 2.98. The summed E-state index contributed by atoms with van der Waals surface area (Å²) in [4.78, 5) is 12.7. The highest BCUT2D eigenvalue weighted by Crippen LogP contribution is 2.30. The zero-order valence-electron chi connectivity index (χ0n) is 10.4. The zero-order valence-corrected chi connectivity index (χ0v) is 12.8. The van der Waals surface area contributed by atoms with Gasteiger partial charge in [0, 0.05) is 10.5 Å². The quantitative estimate of drug-likeness (QED) is 0.920. The fraction of sp³-hybridized carbons (Fsp3) is 0.154. The molecule has 19 heavy (non-hydrogen) atoms. The lowest BCUT2D eigenvalue weighted by molar-refractivity contribution is 0.102. The summed E-state index contributed by atoms with van der Waals surface area (Å²) in [6, 6.07) is 7.07. The van der Waals surface area contributed by atoms with Gasteiger partial charge in [-0.25, -0.2) is 0 Å². The number of ether oxygens (including phenoxy) is 2. The molecule has 0 unspecified atom stereocenters. The summed E-state index contributed by atoms with van der Waals surface area (Å²) in [5.74, 6) is 1.05. The third-order valence-electron chi connectivity index (χ3n) is 2.48. The minimum absolute atomic E-state index is 0.176. The van der Waals surface area contributed by atoms with Crippen LogP contribution in [0.1, 0.15) is 9.67 Å². The van der Waals surface area contributed by atoms with E-state index < -0.39 is 0 Å². The molecule has 100 valence electrons. The van der Waals surface area contributed by atoms with E-state index in [-0.39, 0.29) is 5.91 Å². The molecule has 0 aliphatic rings. The van der Waals surface area contributed by atoms with Crippen molar-refractivity contribution in [1.29, 1.82) is 0 Å². The average Bonchev–Trinajstić information content (AvgIpc) is 2.85. The number of carbonyl (C=O) groups excluding carboxylic acids is 1. The van der Waals surface area contributed by atoms with E-state index in [1.165, 1.54) is 11.3 Å². The Hall–Kier alpha value is -1.53. The van der Waals surface area contributed by atoms with Crippen LogP contribution in [0.5, 0.6) is 11.5 Å². The lowest BCUT2D eigenvalue weighted by Crippen LogP contribution is -2.11. The highest BCUT2D eigenvalue weighted by atomic mass is 79.9. The Morgan fingerprint density at radius 2 is 2.05 bits per heavy atom. The van der Waals surface area contributed by atoms with Gasteiger partial charge in [-0.3, -0.25) is 4.79 Å². The number of carbonyl (C=O) groups is 1. The van der Waals surface area contributed by atoms with Crippen LogP contribution in [0.3, 0.4) is 0 Å². The van der Waals surface area contributed by atoms with Crippen LogP contribution >= 0.6 is 27.3 Å². The van der Waals surface area contributed by atoms with E-state index in [2.05, 4.69) is 21.2 Å². The number of benzene rings is 1. The van der Waals surface area contributed by atoms with Crippen molar-refractivity contribution in [2.75, 3.05) is 19.5 Å². The minimum atomic E-state index is -0.176. The molecule has 1 N–H and O–H groups in total. The lowest BCUT2D eigenvalue weighted by atomic mass is 10.2. The van der Waals surface area contributed by atoms with Gasteiger partial charge >= 0.3 is 0 Å². The number of hydrogen-bond donors (Lipinski definition) is 1. The molecule has 4 nitrogen and oxygen atoms in total. The second-order valence-corrected chi connectivity index (χ2v) is 5.39. The van der Waals surface area contributed by atoms with Crippen LogP contribution < -0.4 is 14.8 Å². The standard InChI is InChI=1S/C13H12BrNO3S/c1-17-8-3-4-10(11(7-8)18-2)15-13(16)12-9(14)5-6-19-12/h3-7H,1-2H3,(H,15,16). The monoisotopic (exact) mass is 341 g/mol. The van der Waals surface area contributed by atoms with Crippen LogP contribution in [-0.2, 0) is 0 Å². The first-order valence-corrected chi connectivity index (χ1v) is 7.09. The van der Waals surface area contributed by atoms with Crippen molar-refractivity contribution >= 4 is 38.9 Å². The third kappa shape index (κ3) is 3.08. The average molecular weight is 342 g/mol. The normalized spacial score (nSPS) is 10.1. The van der Waals surface area contributed by atoms with Gasteiger partial charge in [0.15, 0.2) is 0 Å². The first-order chi connectivity index (χ1) is 9.15. The van der Waals surface area contributed by atoms with Crippen molar-refractivity contribution in [1.82, 2.24) is 0 Å². The molecular formula is C13H12BrNO3S. The van der Waals surface area contributed by atoms with Gasteiger partial charge in [0.1, 0.15) is 16.4 Å². The summed E-state index contributed by atoms with van der Waals surface area (Å²) in [6.45, 7) is 0. The molecule has 0 saturated carbocycles. The molecule has 0 saturated heterocycles. The van der Waals surface area contributed by atoms with Crippen LogP contribution in [0.2, 0.25) is 0 Å². The van der Waals surface area contributed by atoms with E-state index in [4.69, 9.17) is 9.47 Å². The number of amides is 1. The summed E-state index contributed by atoms with van der Waals surface area (Å²) < 4.78 is 11.1. The summed E-state index contributed by atoms with van der Waals surface area (Å²) in [5.41, 5.74) is 0.605. The van der Waals surface area contributed by atoms with Crippen LogP contribution in [0.25, 0.3) is 0 Å². The molecule has 1 heterocycles. The third-order valence-corrected chi connectivity index (χ3v) is 4.32. The number of hydrogen-bond acceptors (Lipinski definition) is 4. The highest BCUT2D eigenvalue weighted by Gasteiger charge is 2.14. The van der Waals surface area contributed by atoms with Gasteiger partial charge < -0.3 is 14.8 Å². The molecule has 2 rings (SSSR count). The highest BCUT2D eigenvalue weighted by molar-refractivity contribution is 9.10. The zero-order chi connectivity index (χ0) is 13.8. The minimum Gasteiger partial charge on any atom is -0.497 e. The summed E-state index contributed by atoms with van der Waals surface area (Å²) >= 11 is 4.71. The first-order valence-electron chi connectivity index (χ1n) is 5.42. The molecular weight excluding hydrogens is 330 g/mol. The maximum Gasteiger partial charge on any atom is 0.266 e. The summed E-state index contributed by atoms with van der Waals surface area (Å²) in [6.07, 6.45) is 0. The van der Waals surface area contributed by atoms with Crippen LogP contribution in [0.15, 0.2) is 34.1 Å². The maximum atomic E-state index is 12.1. The Labute approximate surface area is 123 Å².